The number of carboxylic acid groups (broad SMARTS) is 1. The summed E-state index contributed by atoms with van der Waals surface area (Å²) in [7, 11) is 0. The third-order valence-corrected chi connectivity index (χ3v) is 3.87. The number of carbonyl (C=O) groups is 2. The van der Waals surface area contributed by atoms with E-state index in [1.54, 1.807) is 0 Å². The number of carboxylic acids is 1. The number of piperazine rings is 1. The predicted octanol–water partition coefficient (Wildman–Crippen LogP) is 1.71. The van der Waals surface area contributed by atoms with Crippen LogP contribution in [0.4, 0.5) is 4.79 Å². The van der Waals surface area contributed by atoms with Crippen LogP contribution in [0.25, 0.3) is 0 Å². The van der Waals surface area contributed by atoms with Gasteiger partial charge in [-0.3, -0.25) is 9.69 Å². The lowest BCUT2D eigenvalue weighted by Gasteiger charge is -2.38. The topological polar surface area (TPSA) is 64.1 Å². The van der Waals surface area contributed by atoms with E-state index in [4.69, 9.17) is 5.11 Å². The average molecular weight is 299 g/mol. The molecule has 0 aliphatic carbocycles. The van der Waals surface area contributed by atoms with Crippen molar-refractivity contribution in [3.05, 3.63) is 0 Å². The highest BCUT2D eigenvalue weighted by Crippen LogP contribution is 2.10. The van der Waals surface area contributed by atoms with Crippen LogP contribution in [0.2, 0.25) is 0 Å². The van der Waals surface area contributed by atoms with Crippen molar-refractivity contribution in [3.63, 3.8) is 0 Å². The minimum Gasteiger partial charge on any atom is -0.480 e. The molecule has 1 rings (SSSR count). The molecule has 122 valence electrons. The highest BCUT2D eigenvalue weighted by atomic mass is 16.4. The van der Waals surface area contributed by atoms with Crippen molar-refractivity contribution in [2.24, 2.45) is 0 Å². The Bertz CT molecular complexity index is 339. The third kappa shape index (κ3) is 5.91. The van der Waals surface area contributed by atoms with Crippen LogP contribution < -0.4 is 0 Å². The second-order valence-electron chi connectivity index (χ2n) is 5.93. The van der Waals surface area contributed by atoms with Crippen LogP contribution in [-0.4, -0.2) is 77.1 Å². The number of nitrogens with zero attached hydrogens (tertiary/aromatic N) is 3. The lowest BCUT2D eigenvalue weighted by atomic mass is 10.2. The van der Waals surface area contributed by atoms with Crippen molar-refractivity contribution >= 4 is 12.0 Å². The van der Waals surface area contributed by atoms with Crippen LogP contribution in [0.3, 0.4) is 0 Å². The molecule has 0 aromatic carbocycles. The normalized spacial score (nSPS) is 16.3. The fraction of sp³-hybridized carbons (Fsp3) is 0.867. The number of hydrogen-bond acceptors (Lipinski definition) is 3. The first-order chi connectivity index (χ1) is 9.95. The van der Waals surface area contributed by atoms with E-state index in [1.165, 1.54) is 0 Å². The van der Waals surface area contributed by atoms with Crippen molar-refractivity contribution in [2.75, 3.05) is 39.3 Å². The fourth-order valence-corrected chi connectivity index (χ4v) is 2.58. The van der Waals surface area contributed by atoms with Crippen LogP contribution in [0.5, 0.6) is 0 Å². The van der Waals surface area contributed by atoms with Gasteiger partial charge in [-0.05, 0) is 20.3 Å². The lowest BCUT2D eigenvalue weighted by Crippen LogP contribution is -2.54. The van der Waals surface area contributed by atoms with Gasteiger partial charge >= 0.3 is 12.0 Å². The number of carbonyl (C=O) groups excluding carboxylic acids is 1. The largest absolute Gasteiger partial charge is 0.480 e. The van der Waals surface area contributed by atoms with E-state index in [2.05, 4.69) is 6.92 Å². The lowest BCUT2D eigenvalue weighted by molar-refractivity contribution is -0.138. The Morgan fingerprint density at radius 3 is 2.24 bits per heavy atom. The van der Waals surface area contributed by atoms with Crippen LogP contribution in [-0.2, 0) is 4.79 Å². The Labute approximate surface area is 127 Å². The summed E-state index contributed by atoms with van der Waals surface area (Å²) in [5, 5.41) is 8.79. The minimum absolute atomic E-state index is 0.0619. The number of amides is 2. The van der Waals surface area contributed by atoms with Crippen LogP contribution in [0.1, 0.15) is 40.0 Å². The number of aliphatic carboxylic acids is 1. The van der Waals surface area contributed by atoms with Crippen molar-refractivity contribution in [1.29, 1.82) is 0 Å². The number of urea groups is 1. The van der Waals surface area contributed by atoms with Crippen LogP contribution >= 0.6 is 0 Å². The molecule has 1 fully saturated rings. The molecule has 1 aliphatic heterocycles. The molecule has 6 nitrogen and oxygen atoms in total. The number of rotatable bonds is 7. The Kier molecular flexibility index (Phi) is 7.50. The first kappa shape index (κ1) is 17.8. The van der Waals surface area contributed by atoms with Gasteiger partial charge in [0.2, 0.25) is 0 Å². The molecule has 1 N–H and O–H groups in total. The Hall–Kier alpha value is -1.30. The van der Waals surface area contributed by atoms with Crippen molar-refractivity contribution in [3.8, 4) is 0 Å². The molecular formula is C15H29N3O3. The summed E-state index contributed by atoms with van der Waals surface area (Å²) in [6, 6.07) is 0.294. The van der Waals surface area contributed by atoms with Gasteiger partial charge in [0, 0.05) is 38.8 Å². The summed E-state index contributed by atoms with van der Waals surface area (Å²) in [5.41, 5.74) is 0. The maximum absolute atomic E-state index is 12.6. The Balaban J connectivity index is 2.47. The molecule has 0 spiro atoms. The highest BCUT2D eigenvalue weighted by molar-refractivity contribution is 5.75. The second-order valence-corrected chi connectivity index (χ2v) is 5.93. The maximum atomic E-state index is 12.6. The Morgan fingerprint density at radius 2 is 1.76 bits per heavy atom. The number of hydrogen-bond donors (Lipinski definition) is 1. The zero-order chi connectivity index (χ0) is 15.8. The van der Waals surface area contributed by atoms with E-state index in [0.29, 0.717) is 26.2 Å². The zero-order valence-corrected chi connectivity index (χ0v) is 13.5. The average Bonchev–Trinajstić information content (AvgIpc) is 2.43. The molecule has 1 aliphatic rings. The first-order valence-corrected chi connectivity index (χ1v) is 7.95. The van der Waals surface area contributed by atoms with Gasteiger partial charge in [-0.15, -0.1) is 0 Å². The van der Waals surface area contributed by atoms with E-state index in [9.17, 15) is 9.59 Å². The highest BCUT2D eigenvalue weighted by Gasteiger charge is 2.26. The third-order valence-electron chi connectivity index (χ3n) is 3.87. The molecule has 6 heteroatoms. The molecule has 0 unspecified atom stereocenters. The fourth-order valence-electron chi connectivity index (χ4n) is 2.58. The molecular weight excluding hydrogens is 270 g/mol. The smallest absolute Gasteiger partial charge is 0.320 e. The van der Waals surface area contributed by atoms with E-state index >= 15 is 0 Å². The molecule has 0 aromatic rings. The molecule has 0 radical (unpaired) electrons. The molecule has 2 amide bonds. The minimum atomic E-state index is -0.807. The molecule has 0 atom stereocenters. The van der Waals surface area contributed by atoms with E-state index in [-0.39, 0.29) is 18.6 Å². The SMILES string of the molecule is CCCCCN(C(=O)N1CCN(CC(=O)O)CC1)C(C)C. The second kappa shape index (κ2) is 8.87. The van der Waals surface area contributed by atoms with Gasteiger partial charge in [-0.1, -0.05) is 19.8 Å². The quantitative estimate of drug-likeness (QED) is 0.727. The summed E-state index contributed by atoms with van der Waals surface area (Å²) in [5.74, 6) is -0.807. The summed E-state index contributed by atoms with van der Waals surface area (Å²) >= 11 is 0. The van der Waals surface area contributed by atoms with Gasteiger partial charge in [0.1, 0.15) is 0 Å². The maximum Gasteiger partial charge on any atom is 0.320 e. The summed E-state index contributed by atoms with van der Waals surface area (Å²) in [6.07, 6.45) is 3.33. The van der Waals surface area contributed by atoms with Gasteiger partial charge in [0.15, 0.2) is 0 Å². The summed E-state index contributed by atoms with van der Waals surface area (Å²) in [4.78, 5) is 28.9. The molecule has 1 saturated heterocycles. The Morgan fingerprint density at radius 1 is 1.14 bits per heavy atom. The van der Waals surface area contributed by atoms with Gasteiger partial charge in [-0.2, -0.15) is 0 Å². The zero-order valence-electron chi connectivity index (χ0n) is 13.5. The standard InChI is InChI=1S/C15H29N3O3/c1-4-5-6-7-18(13(2)3)15(21)17-10-8-16(9-11-17)12-14(19)20/h13H,4-12H2,1-3H3,(H,19,20). The summed E-state index contributed by atoms with van der Waals surface area (Å²) < 4.78 is 0. The van der Waals surface area contributed by atoms with Gasteiger partial charge in [-0.25, -0.2) is 4.79 Å². The number of unbranched alkanes of at least 4 members (excludes halogenated alkanes) is 2. The van der Waals surface area contributed by atoms with Gasteiger partial charge < -0.3 is 14.9 Å². The molecule has 1 heterocycles. The first-order valence-electron chi connectivity index (χ1n) is 7.95. The van der Waals surface area contributed by atoms with Gasteiger partial charge in [0.25, 0.3) is 0 Å². The van der Waals surface area contributed by atoms with Crippen molar-refractivity contribution < 1.29 is 14.7 Å². The predicted molar refractivity (Wildman–Crippen MR) is 82.4 cm³/mol. The molecule has 21 heavy (non-hydrogen) atoms. The van der Waals surface area contributed by atoms with E-state index < -0.39 is 5.97 Å². The monoisotopic (exact) mass is 299 g/mol. The van der Waals surface area contributed by atoms with E-state index in [0.717, 1.165) is 25.8 Å². The molecule has 0 aromatic heterocycles. The van der Waals surface area contributed by atoms with Crippen LogP contribution in [0, 0.1) is 0 Å². The van der Waals surface area contributed by atoms with Crippen molar-refractivity contribution in [1.82, 2.24) is 14.7 Å². The molecule has 0 bridgehead atoms. The van der Waals surface area contributed by atoms with Crippen molar-refractivity contribution in [2.45, 2.75) is 46.1 Å². The van der Waals surface area contributed by atoms with Crippen LogP contribution in [0.15, 0.2) is 0 Å². The van der Waals surface area contributed by atoms with E-state index in [1.807, 2.05) is 28.5 Å². The molecule has 0 saturated carbocycles. The summed E-state index contributed by atoms with van der Waals surface area (Å²) in [6.45, 7) is 9.62. The van der Waals surface area contributed by atoms with Gasteiger partial charge in [0.05, 0.1) is 6.54 Å².